The molecule has 8 nitrogen and oxygen atoms in total. The molecule has 0 fully saturated rings. The lowest BCUT2D eigenvalue weighted by Crippen LogP contribution is -2.47. The van der Waals surface area contributed by atoms with Gasteiger partial charge >= 0.3 is 5.97 Å². The number of nitro benzene ring substituents is 1. The number of nitrogens with one attached hydrogen (secondary N) is 1. The summed E-state index contributed by atoms with van der Waals surface area (Å²) in [6, 6.07) is 2.32. The molecule has 0 aliphatic carbocycles. The summed E-state index contributed by atoms with van der Waals surface area (Å²) in [6.07, 6.45) is -1.29. The molecule has 0 radical (unpaired) electrons. The number of carboxylic acids is 1. The second-order valence-electron chi connectivity index (χ2n) is 4.29. The highest BCUT2D eigenvalue weighted by Gasteiger charge is 2.26. The van der Waals surface area contributed by atoms with Crippen LogP contribution in [-0.4, -0.2) is 39.2 Å². The van der Waals surface area contributed by atoms with Crippen molar-refractivity contribution in [3.63, 3.8) is 0 Å². The fourth-order valence-electron chi connectivity index (χ4n) is 1.56. The van der Waals surface area contributed by atoms with Gasteiger partial charge in [-0.15, -0.1) is 0 Å². The largest absolute Gasteiger partial charge is 0.480 e. The van der Waals surface area contributed by atoms with Gasteiger partial charge in [-0.25, -0.2) is 4.79 Å². The van der Waals surface area contributed by atoms with Crippen molar-refractivity contribution in [1.82, 2.24) is 5.32 Å². The Morgan fingerprint density at radius 3 is 2.45 bits per heavy atom. The Balaban J connectivity index is 3.01. The molecular weight excluding hydrogens is 268 g/mol. The maximum Gasteiger partial charge on any atom is 0.328 e. The molecule has 1 amide bonds. The van der Waals surface area contributed by atoms with Gasteiger partial charge in [-0.1, -0.05) is 6.07 Å². The predicted octanol–water partition coefficient (Wildman–Crippen LogP) is 0.467. The topological polar surface area (TPSA) is 130 Å². The van der Waals surface area contributed by atoms with Gasteiger partial charge in [0.05, 0.1) is 11.0 Å². The molecule has 0 bridgehead atoms. The number of carbonyl (C=O) groups excluding carboxylic acids is 1. The van der Waals surface area contributed by atoms with Gasteiger partial charge in [0, 0.05) is 17.2 Å². The van der Waals surface area contributed by atoms with E-state index in [1.165, 1.54) is 26.0 Å². The maximum atomic E-state index is 11.8. The van der Waals surface area contributed by atoms with Gasteiger partial charge in [0.2, 0.25) is 0 Å². The van der Waals surface area contributed by atoms with Crippen molar-refractivity contribution in [1.29, 1.82) is 0 Å². The highest BCUT2D eigenvalue weighted by Crippen LogP contribution is 2.19. The lowest BCUT2D eigenvalue weighted by molar-refractivity contribution is -0.385. The van der Waals surface area contributed by atoms with Crippen molar-refractivity contribution in [2.24, 2.45) is 0 Å². The minimum absolute atomic E-state index is 0.0470. The summed E-state index contributed by atoms with van der Waals surface area (Å²) in [5.74, 6) is -2.20. The van der Waals surface area contributed by atoms with Crippen molar-refractivity contribution in [2.45, 2.75) is 26.0 Å². The monoisotopic (exact) mass is 282 g/mol. The molecule has 8 heteroatoms. The fourth-order valence-corrected chi connectivity index (χ4v) is 1.56. The van der Waals surface area contributed by atoms with Crippen molar-refractivity contribution < 1.29 is 24.7 Å². The standard InChI is InChI=1S/C12H14N2O6/c1-6-3-4-8(5-9(6)14(19)20)11(16)13-10(7(2)15)12(17)18/h3-5,7,10,15H,1-2H3,(H,13,16)(H,17,18)/t7-,10+/m1/s1. The average Bonchev–Trinajstić information content (AvgIpc) is 2.34. The van der Waals surface area contributed by atoms with E-state index in [0.717, 1.165) is 6.07 Å². The molecule has 1 rings (SSSR count). The van der Waals surface area contributed by atoms with E-state index in [1.807, 2.05) is 0 Å². The molecule has 108 valence electrons. The van der Waals surface area contributed by atoms with Crippen LogP contribution in [0.15, 0.2) is 18.2 Å². The molecule has 0 aliphatic heterocycles. The fraction of sp³-hybridized carbons (Fsp3) is 0.333. The number of carbonyl (C=O) groups is 2. The number of aliphatic carboxylic acids is 1. The molecule has 0 aromatic heterocycles. The summed E-state index contributed by atoms with van der Waals surface area (Å²) in [4.78, 5) is 32.8. The van der Waals surface area contributed by atoms with Gasteiger partial charge in [0.1, 0.15) is 0 Å². The Morgan fingerprint density at radius 2 is 2.00 bits per heavy atom. The van der Waals surface area contributed by atoms with Crippen LogP contribution in [0.4, 0.5) is 5.69 Å². The number of aliphatic hydroxyl groups is 1. The molecule has 2 atom stereocenters. The lowest BCUT2D eigenvalue weighted by Gasteiger charge is -2.17. The molecule has 3 N–H and O–H groups in total. The SMILES string of the molecule is Cc1ccc(C(=O)N[C@H](C(=O)O)[C@@H](C)O)cc1[N+](=O)[O-]. The summed E-state index contributed by atoms with van der Waals surface area (Å²) in [7, 11) is 0. The molecule has 0 unspecified atom stereocenters. The third kappa shape index (κ3) is 3.51. The zero-order valence-corrected chi connectivity index (χ0v) is 10.9. The van der Waals surface area contributed by atoms with E-state index in [1.54, 1.807) is 0 Å². The van der Waals surface area contributed by atoms with E-state index in [9.17, 15) is 24.8 Å². The molecular formula is C12H14N2O6. The normalized spacial score (nSPS) is 13.3. The number of aliphatic hydroxyl groups excluding tert-OH is 1. The van der Waals surface area contributed by atoms with Gasteiger partial charge in [0.15, 0.2) is 6.04 Å². The van der Waals surface area contributed by atoms with Gasteiger partial charge in [0.25, 0.3) is 11.6 Å². The van der Waals surface area contributed by atoms with Gasteiger partial charge < -0.3 is 15.5 Å². The minimum atomic E-state index is -1.48. The summed E-state index contributed by atoms with van der Waals surface area (Å²) in [5.41, 5.74) is 0.104. The molecule has 0 aliphatic rings. The van der Waals surface area contributed by atoms with Crippen LogP contribution in [0.5, 0.6) is 0 Å². The number of amides is 1. The third-order valence-electron chi connectivity index (χ3n) is 2.70. The van der Waals surface area contributed by atoms with Crippen LogP contribution in [0.3, 0.4) is 0 Å². The average molecular weight is 282 g/mol. The zero-order chi connectivity index (χ0) is 15.4. The van der Waals surface area contributed by atoms with Crippen molar-refractivity contribution in [3.05, 3.63) is 39.4 Å². The predicted molar refractivity (Wildman–Crippen MR) is 68.4 cm³/mol. The number of hydrogen-bond donors (Lipinski definition) is 3. The van der Waals surface area contributed by atoms with E-state index in [-0.39, 0.29) is 11.3 Å². The molecule has 0 heterocycles. The maximum absolute atomic E-state index is 11.8. The van der Waals surface area contributed by atoms with Crippen molar-refractivity contribution in [3.8, 4) is 0 Å². The number of carboxylic acid groups (broad SMARTS) is 1. The smallest absolute Gasteiger partial charge is 0.328 e. The van der Waals surface area contributed by atoms with E-state index in [4.69, 9.17) is 5.11 Å². The Kier molecular flexibility index (Phi) is 4.76. The number of hydrogen-bond acceptors (Lipinski definition) is 5. The number of rotatable bonds is 5. The van der Waals surface area contributed by atoms with Crippen LogP contribution in [0.2, 0.25) is 0 Å². The first-order valence-corrected chi connectivity index (χ1v) is 5.70. The molecule has 1 aromatic carbocycles. The Hall–Kier alpha value is -2.48. The summed E-state index contributed by atoms with van der Waals surface area (Å²) >= 11 is 0. The van der Waals surface area contributed by atoms with Crippen LogP contribution >= 0.6 is 0 Å². The highest BCUT2D eigenvalue weighted by atomic mass is 16.6. The van der Waals surface area contributed by atoms with Crippen LogP contribution < -0.4 is 5.32 Å². The van der Waals surface area contributed by atoms with Crippen LogP contribution in [-0.2, 0) is 4.79 Å². The van der Waals surface area contributed by atoms with Crippen molar-refractivity contribution in [2.75, 3.05) is 0 Å². The molecule has 1 aromatic rings. The summed E-state index contributed by atoms with van der Waals surface area (Å²) < 4.78 is 0. The minimum Gasteiger partial charge on any atom is -0.480 e. The Morgan fingerprint density at radius 1 is 1.40 bits per heavy atom. The molecule has 0 saturated carbocycles. The third-order valence-corrected chi connectivity index (χ3v) is 2.70. The second-order valence-corrected chi connectivity index (χ2v) is 4.29. The molecule has 20 heavy (non-hydrogen) atoms. The van der Waals surface area contributed by atoms with Gasteiger partial charge in [-0.3, -0.25) is 14.9 Å². The van der Waals surface area contributed by atoms with Crippen LogP contribution in [0.1, 0.15) is 22.8 Å². The number of aryl methyl sites for hydroxylation is 1. The molecule has 0 saturated heterocycles. The van der Waals surface area contributed by atoms with E-state index in [0.29, 0.717) is 5.56 Å². The first-order valence-electron chi connectivity index (χ1n) is 5.70. The molecule has 0 spiro atoms. The van der Waals surface area contributed by atoms with Crippen molar-refractivity contribution >= 4 is 17.6 Å². The summed E-state index contributed by atoms with van der Waals surface area (Å²) in [5, 5.41) is 31.0. The quantitative estimate of drug-likeness (QED) is 0.531. The van der Waals surface area contributed by atoms with E-state index >= 15 is 0 Å². The first kappa shape index (κ1) is 15.6. The Labute approximate surface area is 114 Å². The Bertz CT molecular complexity index is 555. The van der Waals surface area contributed by atoms with E-state index in [2.05, 4.69) is 5.32 Å². The first-order chi connectivity index (χ1) is 9.23. The zero-order valence-electron chi connectivity index (χ0n) is 10.9. The second kappa shape index (κ2) is 6.11. The van der Waals surface area contributed by atoms with E-state index < -0.39 is 28.9 Å². The van der Waals surface area contributed by atoms with Crippen LogP contribution in [0.25, 0.3) is 0 Å². The van der Waals surface area contributed by atoms with Gasteiger partial charge in [-0.2, -0.15) is 0 Å². The number of nitro groups is 1. The van der Waals surface area contributed by atoms with Crippen LogP contribution in [0, 0.1) is 17.0 Å². The van der Waals surface area contributed by atoms with Gasteiger partial charge in [-0.05, 0) is 19.9 Å². The lowest BCUT2D eigenvalue weighted by atomic mass is 10.1. The highest BCUT2D eigenvalue weighted by molar-refractivity contribution is 5.97. The number of nitrogens with zero attached hydrogens (tertiary/aromatic N) is 1. The number of benzene rings is 1. The summed E-state index contributed by atoms with van der Waals surface area (Å²) in [6.45, 7) is 2.74.